The Kier molecular flexibility index (Phi) is 3.06. The third-order valence-corrected chi connectivity index (χ3v) is 2.48. The number of carbonyl (C=O) groups is 1. The number of nitrogens with two attached hydrogens (primary N) is 1. The van der Waals surface area contributed by atoms with Crippen LogP contribution in [-0.4, -0.2) is 21.1 Å². The largest absolute Gasteiger partial charge is 0.319 e. The quantitative estimate of drug-likeness (QED) is 0.767. The van der Waals surface area contributed by atoms with Gasteiger partial charge in [-0.1, -0.05) is 6.92 Å². The van der Waals surface area contributed by atoms with Gasteiger partial charge >= 0.3 is 0 Å². The fourth-order valence-corrected chi connectivity index (χ4v) is 1.12. The molecule has 1 aromatic heterocycles. The van der Waals surface area contributed by atoms with Gasteiger partial charge in [-0.05, 0) is 19.4 Å². The number of hydrogen-bond donors (Lipinski definition) is 1. The Morgan fingerprint density at radius 2 is 2.36 bits per heavy atom. The number of carbonyl (C=O) groups excluding carboxylic acids is 1. The molecule has 14 heavy (non-hydrogen) atoms. The molecule has 4 heteroatoms. The Bertz CT molecular complexity index is 328. The van der Waals surface area contributed by atoms with Gasteiger partial charge in [0.2, 0.25) is 0 Å². The topological polar surface area (TPSA) is 60.9 Å². The van der Waals surface area contributed by atoms with E-state index in [0.717, 1.165) is 5.69 Å². The lowest BCUT2D eigenvalue weighted by molar-refractivity contribution is -0.123. The zero-order valence-corrected chi connectivity index (χ0v) is 8.95. The molecule has 0 fully saturated rings. The predicted octanol–water partition coefficient (Wildman–Crippen LogP) is 0.659. The minimum Gasteiger partial charge on any atom is -0.319 e. The van der Waals surface area contributed by atoms with Crippen molar-refractivity contribution in [3.05, 3.63) is 18.0 Å². The monoisotopic (exact) mass is 195 g/mol. The van der Waals surface area contributed by atoms with Crippen LogP contribution < -0.4 is 5.73 Å². The van der Waals surface area contributed by atoms with Crippen molar-refractivity contribution >= 4 is 5.78 Å². The van der Waals surface area contributed by atoms with E-state index in [1.165, 1.54) is 0 Å². The van der Waals surface area contributed by atoms with Crippen LogP contribution in [0.5, 0.6) is 0 Å². The molecule has 0 saturated carbocycles. The summed E-state index contributed by atoms with van der Waals surface area (Å²) in [6.07, 6.45) is 2.79. The van der Waals surface area contributed by atoms with Gasteiger partial charge in [-0.2, -0.15) is 5.10 Å². The van der Waals surface area contributed by atoms with Crippen molar-refractivity contribution in [1.29, 1.82) is 0 Å². The molecule has 0 amide bonds. The van der Waals surface area contributed by atoms with Crippen LogP contribution in [0.25, 0.3) is 0 Å². The van der Waals surface area contributed by atoms with Crippen LogP contribution in [0.1, 0.15) is 26.0 Å². The van der Waals surface area contributed by atoms with Gasteiger partial charge < -0.3 is 5.73 Å². The lowest BCUT2D eigenvalue weighted by atomic mass is 9.92. The SMILES string of the molecule is CCC(C)(N)C(=O)Cc1ccn(C)n1. The number of ketones is 1. The normalized spacial score (nSPS) is 15.1. The third kappa shape index (κ3) is 2.42. The van der Waals surface area contributed by atoms with Crippen LogP contribution in [-0.2, 0) is 18.3 Å². The van der Waals surface area contributed by atoms with Gasteiger partial charge in [0.05, 0.1) is 17.7 Å². The van der Waals surface area contributed by atoms with Crippen LogP contribution in [0.15, 0.2) is 12.3 Å². The summed E-state index contributed by atoms with van der Waals surface area (Å²) < 4.78 is 1.68. The second-order valence-corrected chi connectivity index (χ2v) is 3.85. The van der Waals surface area contributed by atoms with E-state index < -0.39 is 5.54 Å². The summed E-state index contributed by atoms with van der Waals surface area (Å²) in [4.78, 5) is 11.7. The highest BCUT2D eigenvalue weighted by atomic mass is 16.1. The fraction of sp³-hybridized carbons (Fsp3) is 0.600. The van der Waals surface area contributed by atoms with E-state index >= 15 is 0 Å². The molecule has 1 aromatic rings. The summed E-state index contributed by atoms with van der Waals surface area (Å²) in [6, 6.07) is 1.84. The van der Waals surface area contributed by atoms with Gasteiger partial charge in [0, 0.05) is 13.2 Å². The second kappa shape index (κ2) is 3.92. The van der Waals surface area contributed by atoms with Crippen LogP contribution in [0.3, 0.4) is 0 Å². The minimum absolute atomic E-state index is 0.0405. The molecule has 1 rings (SSSR count). The molecule has 0 aliphatic rings. The molecule has 0 aromatic carbocycles. The zero-order valence-electron chi connectivity index (χ0n) is 8.95. The first-order valence-corrected chi connectivity index (χ1v) is 4.76. The maximum absolute atomic E-state index is 11.7. The van der Waals surface area contributed by atoms with E-state index in [-0.39, 0.29) is 5.78 Å². The number of hydrogen-bond acceptors (Lipinski definition) is 3. The Morgan fingerprint density at radius 3 is 2.79 bits per heavy atom. The van der Waals surface area contributed by atoms with Gasteiger partial charge in [-0.15, -0.1) is 0 Å². The standard InChI is InChI=1S/C10H17N3O/c1-4-10(2,11)9(14)7-8-5-6-13(3)12-8/h5-6H,4,7,11H2,1-3H3. The van der Waals surface area contributed by atoms with Crippen molar-refractivity contribution in [2.75, 3.05) is 0 Å². The van der Waals surface area contributed by atoms with Gasteiger partial charge in [0.15, 0.2) is 5.78 Å². The molecular weight excluding hydrogens is 178 g/mol. The van der Waals surface area contributed by atoms with E-state index in [1.807, 2.05) is 26.2 Å². The van der Waals surface area contributed by atoms with Crippen molar-refractivity contribution in [3.8, 4) is 0 Å². The Morgan fingerprint density at radius 1 is 1.71 bits per heavy atom. The molecule has 4 nitrogen and oxygen atoms in total. The summed E-state index contributed by atoms with van der Waals surface area (Å²) in [6.45, 7) is 3.68. The lowest BCUT2D eigenvalue weighted by Crippen LogP contribution is -2.45. The molecule has 0 spiro atoms. The minimum atomic E-state index is -0.725. The van der Waals surface area contributed by atoms with Crippen LogP contribution >= 0.6 is 0 Å². The van der Waals surface area contributed by atoms with Crippen molar-refractivity contribution in [2.24, 2.45) is 12.8 Å². The highest BCUT2D eigenvalue weighted by Crippen LogP contribution is 2.09. The first-order chi connectivity index (χ1) is 6.45. The van der Waals surface area contributed by atoms with Crippen molar-refractivity contribution in [2.45, 2.75) is 32.2 Å². The average Bonchev–Trinajstić information content (AvgIpc) is 2.51. The van der Waals surface area contributed by atoms with Crippen molar-refractivity contribution in [3.63, 3.8) is 0 Å². The third-order valence-electron chi connectivity index (χ3n) is 2.48. The van der Waals surface area contributed by atoms with Gasteiger partial charge in [0.1, 0.15) is 0 Å². The smallest absolute Gasteiger partial charge is 0.158 e. The molecule has 0 saturated heterocycles. The van der Waals surface area contributed by atoms with Crippen LogP contribution in [0.2, 0.25) is 0 Å². The van der Waals surface area contributed by atoms with Crippen molar-refractivity contribution in [1.82, 2.24) is 9.78 Å². The van der Waals surface area contributed by atoms with Crippen molar-refractivity contribution < 1.29 is 4.79 Å². The fourth-order valence-electron chi connectivity index (χ4n) is 1.12. The van der Waals surface area contributed by atoms with E-state index in [4.69, 9.17) is 5.73 Å². The molecule has 1 atom stereocenters. The zero-order chi connectivity index (χ0) is 10.8. The molecule has 2 N–H and O–H groups in total. The van der Waals surface area contributed by atoms with E-state index in [0.29, 0.717) is 12.8 Å². The average molecular weight is 195 g/mol. The first-order valence-electron chi connectivity index (χ1n) is 4.76. The van der Waals surface area contributed by atoms with Gasteiger partial charge in [0.25, 0.3) is 0 Å². The molecule has 0 aliphatic carbocycles. The Balaban J connectivity index is 2.66. The number of nitrogens with zero attached hydrogens (tertiary/aromatic N) is 2. The van der Waals surface area contributed by atoms with Gasteiger partial charge in [-0.3, -0.25) is 9.48 Å². The number of aromatic nitrogens is 2. The summed E-state index contributed by atoms with van der Waals surface area (Å²) in [7, 11) is 1.83. The summed E-state index contributed by atoms with van der Waals surface area (Å²) in [5, 5.41) is 4.14. The first kappa shape index (κ1) is 10.9. The second-order valence-electron chi connectivity index (χ2n) is 3.85. The van der Waals surface area contributed by atoms with Crippen LogP contribution in [0.4, 0.5) is 0 Å². The maximum Gasteiger partial charge on any atom is 0.158 e. The molecule has 0 radical (unpaired) electrons. The van der Waals surface area contributed by atoms with E-state index in [1.54, 1.807) is 11.6 Å². The van der Waals surface area contributed by atoms with Gasteiger partial charge in [-0.25, -0.2) is 0 Å². The Labute approximate surface area is 84.1 Å². The van der Waals surface area contributed by atoms with Crippen LogP contribution in [0, 0.1) is 0 Å². The number of aryl methyl sites for hydroxylation is 1. The highest BCUT2D eigenvalue weighted by Gasteiger charge is 2.26. The molecule has 1 heterocycles. The summed E-state index contributed by atoms with van der Waals surface area (Å²) in [5.41, 5.74) is 5.89. The molecule has 0 bridgehead atoms. The highest BCUT2D eigenvalue weighted by molar-refractivity contribution is 5.89. The molecule has 1 unspecified atom stereocenters. The van der Waals surface area contributed by atoms with E-state index in [9.17, 15) is 4.79 Å². The number of rotatable bonds is 4. The maximum atomic E-state index is 11.7. The Hall–Kier alpha value is -1.16. The predicted molar refractivity (Wildman–Crippen MR) is 54.8 cm³/mol. The lowest BCUT2D eigenvalue weighted by Gasteiger charge is -2.20. The summed E-state index contributed by atoms with van der Waals surface area (Å²) in [5.74, 6) is 0.0405. The number of Topliss-reactive ketones (excluding diaryl/α,β-unsaturated/α-hetero) is 1. The summed E-state index contributed by atoms with van der Waals surface area (Å²) >= 11 is 0. The molecular formula is C10H17N3O. The molecule has 0 aliphatic heterocycles. The van der Waals surface area contributed by atoms with E-state index in [2.05, 4.69) is 5.10 Å². The molecule has 78 valence electrons.